The van der Waals surface area contributed by atoms with Crippen LogP contribution in [0.3, 0.4) is 0 Å². The van der Waals surface area contributed by atoms with Gasteiger partial charge in [-0.05, 0) is 37.4 Å². The quantitative estimate of drug-likeness (QED) is 0.848. The molecule has 1 aromatic carbocycles. The van der Waals surface area contributed by atoms with Crippen LogP contribution in [0.25, 0.3) is 0 Å². The van der Waals surface area contributed by atoms with Crippen molar-refractivity contribution in [2.45, 2.75) is 25.7 Å². The molecule has 0 saturated heterocycles. The van der Waals surface area contributed by atoms with Crippen LogP contribution in [0.15, 0.2) is 24.3 Å². The van der Waals surface area contributed by atoms with Crippen molar-refractivity contribution in [3.8, 4) is 5.75 Å². The highest BCUT2D eigenvalue weighted by Crippen LogP contribution is 2.33. The molecule has 0 aliphatic heterocycles. The lowest BCUT2D eigenvalue weighted by Crippen LogP contribution is -2.29. The molecule has 0 spiro atoms. The van der Waals surface area contributed by atoms with Crippen LogP contribution in [0.4, 0.5) is 14.5 Å². The Morgan fingerprint density at radius 1 is 1.38 bits per heavy atom. The highest BCUT2D eigenvalue weighted by Gasteiger charge is 2.32. The van der Waals surface area contributed by atoms with E-state index >= 15 is 0 Å². The maximum absolute atomic E-state index is 12.3. The van der Waals surface area contributed by atoms with E-state index in [1.807, 2.05) is 0 Å². The van der Waals surface area contributed by atoms with E-state index < -0.39 is 13.0 Å². The highest BCUT2D eigenvalue weighted by atomic mass is 19.3. The molecule has 6 heteroatoms. The molecule has 21 heavy (non-hydrogen) atoms. The molecule has 2 atom stereocenters. The van der Waals surface area contributed by atoms with Gasteiger partial charge >= 0.3 is 0 Å². The molecule has 0 radical (unpaired) electrons. The van der Waals surface area contributed by atoms with E-state index in [1.165, 1.54) is 0 Å². The Morgan fingerprint density at radius 3 is 2.86 bits per heavy atom. The van der Waals surface area contributed by atoms with Gasteiger partial charge in [-0.2, -0.15) is 0 Å². The van der Waals surface area contributed by atoms with Gasteiger partial charge in [0.25, 0.3) is 6.43 Å². The third-order valence-electron chi connectivity index (χ3n) is 3.81. The van der Waals surface area contributed by atoms with E-state index in [0.717, 1.165) is 19.3 Å². The number of hydrogen-bond acceptors (Lipinski definition) is 3. The molecule has 2 rings (SSSR count). The standard InChI is InChI=1S/C15H20F2N2O2/c16-14(17)9-21-13-7-2-1-6-12(13)19-15(20)11-5-3-4-10(11)8-18/h1-2,6-7,10-11,14H,3-5,8-9,18H2,(H,19,20)/t10-,11-/m1/s1. The first kappa shape index (κ1) is 15.7. The van der Waals surface area contributed by atoms with Crippen LogP contribution in [-0.2, 0) is 4.79 Å². The number of rotatable bonds is 6. The summed E-state index contributed by atoms with van der Waals surface area (Å²) in [4.78, 5) is 12.3. The van der Waals surface area contributed by atoms with Crippen LogP contribution in [0.2, 0.25) is 0 Å². The van der Waals surface area contributed by atoms with Crippen molar-refractivity contribution in [2.24, 2.45) is 17.6 Å². The zero-order chi connectivity index (χ0) is 15.2. The minimum atomic E-state index is -2.55. The Balaban J connectivity index is 2.03. The molecule has 0 unspecified atom stereocenters. The topological polar surface area (TPSA) is 64.4 Å². The first-order chi connectivity index (χ1) is 10.1. The monoisotopic (exact) mass is 298 g/mol. The average molecular weight is 298 g/mol. The maximum atomic E-state index is 12.3. The molecule has 1 fully saturated rings. The Labute approximate surface area is 122 Å². The van der Waals surface area contributed by atoms with Gasteiger partial charge in [0.15, 0.2) is 0 Å². The molecule has 4 nitrogen and oxygen atoms in total. The van der Waals surface area contributed by atoms with Gasteiger partial charge in [0.05, 0.1) is 5.69 Å². The minimum Gasteiger partial charge on any atom is -0.485 e. The fourth-order valence-electron chi connectivity index (χ4n) is 2.74. The summed E-state index contributed by atoms with van der Waals surface area (Å²) in [7, 11) is 0. The van der Waals surface area contributed by atoms with Crippen LogP contribution in [0.1, 0.15) is 19.3 Å². The zero-order valence-corrected chi connectivity index (χ0v) is 11.7. The summed E-state index contributed by atoms with van der Waals surface area (Å²) in [6, 6.07) is 6.60. The van der Waals surface area contributed by atoms with Gasteiger partial charge in [-0.25, -0.2) is 8.78 Å². The molecule has 116 valence electrons. The lowest BCUT2D eigenvalue weighted by molar-refractivity contribution is -0.120. The first-order valence-electron chi connectivity index (χ1n) is 7.12. The summed E-state index contributed by atoms with van der Waals surface area (Å²) >= 11 is 0. The van der Waals surface area contributed by atoms with E-state index in [4.69, 9.17) is 10.5 Å². The Hall–Kier alpha value is -1.69. The van der Waals surface area contributed by atoms with Gasteiger partial charge < -0.3 is 15.8 Å². The molecule has 1 aliphatic carbocycles. The number of carbonyl (C=O) groups is 1. The van der Waals surface area contributed by atoms with E-state index in [1.54, 1.807) is 24.3 Å². The largest absolute Gasteiger partial charge is 0.485 e. The molecule has 0 bridgehead atoms. The number of alkyl halides is 2. The summed E-state index contributed by atoms with van der Waals surface area (Å²) in [6.45, 7) is -0.205. The lowest BCUT2D eigenvalue weighted by atomic mass is 9.95. The van der Waals surface area contributed by atoms with Gasteiger partial charge in [-0.1, -0.05) is 18.6 Å². The summed E-state index contributed by atoms with van der Waals surface area (Å²) in [5, 5.41) is 2.78. The Kier molecular flexibility index (Phi) is 5.50. The van der Waals surface area contributed by atoms with Crippen LogP contribution in [-0.4, -0.2) is 25.5 Å². The van der Waals surface area contributed by atoms with Crippen LogP contribution < -0.4 is 15.8 Å². The van der Waals surface area contributed by atoms with Gasteiger partial charge in [0, 0.05) is 5.92 Å². The van der Waals surface area contributed by atoms with E-state index in [0.29, 0.717) is 12.2 Å². The zero-order valence-electron chi connectivity index (χ0n) is 11.7. The molecule has 0 aromatic heterocycles. The van der Waals surface area contributed by atoms with Gasteiger partial charge in [0.1, 0.15) is 12.4 Å². The fraction of sp³-hybridized carbons (Fsp3) is 0.533. The summed E-state index contributed by atoms with van der Waals surface area (Å²) in [6.07, 6.45) is 0.209. The van der Waals surface area contributed by atoms with Crippen molar-refractivity contribution in [1.29, 1.82) is 0 Å². The second-order valence-electron chi connectivity index (χ2n) is 5.22. The molecule has 1 amide bonds. The normalized spacial score (nSPS) is 21.5. The van der Waals surface area contributed by atoms with Crippen molar-refractivity contribution in [3.63, 3.8) is 0 Å². The minimum absolute atomic E-state index is 0.113. The van der Waals surface area contributed by atoms with Gasteiger partial charge in [-0.3, -0.25) is 4.79 Å². The average Bonchev–Trinajstić information content (AvgIpc) is 2.94. The molecule has 0 heterocycles. The summed E-state index contributed by atoms with van der Waals surface area (Å²) in [5.41, 5.74) is 6.10. The fourth-order valence-corrected chi connectivity index (χ4v) is 2.74. The summed E-state index contributed by atoms with van der Waals surface area (Å²) in [5.74, 6) is 0.224. The van der Waals surface area contributed by atoms with Crippen molar-refractivity contribution >= 4 is 11.6 Å². The number of para-hydroxylation sites is 2. The number of anilines is 1. The van der Waals surface area contributed by atoms with Crippen molar-refractivity contribution < 1.29 is 18.3 Å². The predicted octanol–water partition coefficient (Wildman–Crippen LogP) is 2.64. The third-order valence-corrected chi connectivity index (χ3v) is 3.81. The second-order valence-corrected chi connectivity index (χ2v) is 5.22. The number of benzene rings is 1. The highest BCUT2D eigenvalue weighted by molar-refractivity contribution is 5.94. The molecule has 1 aromatic rings. The number of nitrogens with two attached hydrogens (primary N) is 1. The maximum Gasteiger partial charge on any atom is 0.272 e. The Bertz CT molecular complexity index is 482. The van der Waals surface area contributed by atoms with Gasteiger partial charge in [-0.15, -0.1) is 0 Å². The molecule has 1 aliphatic rings. The number of amides is 1. The number of nitrogens with one attached hydrogen (secondary N) is 1. The number of hydrogen-bond donors (Lipinski definition) is 2. The van der Waals surface area contributed by atoms with Gasteiger partial charge in [0.2, 0.25) is 5.91 Å². The molecule has 1 saturated carbocycles. The smallest absolute Gasteiger partial charge is 0.272 e. The Morgan fingerprint density at radius 2 is 2.14 bits per heavy atom. The van der Waals surface area contributed by atoms with Crippen LogP contribution >= 0.6 is 0 Å². The first-order valence-corrected chi connectivity index (χ1v) is 7.12. The summed E-state index contributed by atoms with van der Waals surface area (Å²) < 4.78 is 29.5. The van der Waals surface area contributed by atoms with Crippen LogP contribution in [0.5, 0.6) is 5.75 Å². The van der Waals surface area contributed by atoms with E-state index in [9.17, 15) is 13.6 Å². The lowest BCUT2D eigenvalue weighted by Gasteiger charge is -2.18. The number of halogens is 2. The molecular formula is C15H20F2N2O2. The SMILES string of the molecule is NC[C@H]1CCC[C@H]1C(=O)Nc1ccccc1OCC(F)F. The van der Waals surface area contributed by atoms with Crippen molar-refractivity contribution in [3.05, 3.63) is 24.3 Å². The molecular weight excluding hydrogens is 278 g/mol. The predicted molar refractivity (Wildman–Crippen MR) is 76.5 cm³/mol. The number of ether oxygens (including phenoxy) is 1. The third kappa shape index (κ3) is 4.14. The van der Waals surface area contributed by atoms with Crippen LogP contribution in [0, 0.1) is 11.8 Å². The molecule has 3 N–H and O–H groups in total. The van der Waals surface area contributed by atoms with E-state index in [2.05, 4.69) is 5.32 Å². The number of carbonyl (C=O) groups excluding carboxylic acids is 1. The van der Waals surface area contributed by atoms with Crippen molar-refractivity contribution in [1.82, 2.24) is 0 Å². The van der Waals surface area contributed by atoms with E-state index in [-0.39, 0.29) is 23.5 Å². The van der Waals surface area contributed by atoms with Crippen molar-refractivity contribution in [2.75, 3.05) is 18.5 Å². The second kappa shape index (κ2) is 7.36.